The van der Waals surface area contributed by atoms with Crippen molar-refractivity contribution in [3.05, 3.63) is 140 Å². The Hall–Kier alpha value is -5.88. The number of aliphatic hydroxyl groups is 2. The second-order valence-corrected chi connectivity index (χ2v) is 28.9. The van der Waals surface area contributed by atoms with Gasteiger partial charge in [-0.25, -0.2) is 0 Å². The van der Waals surface area contributed by atoms with E-state index in [9.17, 15) is 72.5 Å². The van der Waals surface area contributed by atoms with Gasteiger partial charge in [0.25, 0.3) is 0 Å². The molecule has 0 aliphatic rings. The molecule has 0 aromatic heterocycles. The van der Waals surface area contributed by atoms with Crippen molar-refractivity contribution >= 4 is 20.3 Å². The molecule has 2 atom stereocenters. The summed E-state index contributed by atoms with van der Waals surface area (Å²) in [6.45, 7) is 26.8. The first-order valence-corrected chi connectivity index (χ1v) is 32.6. The Labute approximate surface area is 522 Å². The number of aliphatic carboxylic acids is 1. The van der Waals surface area contributed by atoms with Crippen molar-refractivity contribution in [2.24, 2.45) is 0 Å². The highest BCUT2D eigenvalue weighted by Gasteiger charge is 2.73. The van der Waals surface area contributed by atoms with Crippen molar-refractivity contribution < 1.29 is 96.2 Å². The molecule has 4 aromatic carbocycles. The molecule has 9 nitrogen and oxygen atoms in total. The van der Waals surface area contributed by atoms with E-state index in [4.69, 9.17) is 14.3 Å². The van der Waals surface area contributed by atoms with Crippen LogP contribution in [0.1, 0.15) is 174 Å². The molecule has 4 aromatic rings. The quantitative estimate of drug-likeness (QED) is 0.0206. The molecule has 0 heterocycles. The molecule has 0 radical (unpaired) electrons. The summed E-state index contributed by atoms with van der Waals surface area (Å²) in [6, 6.07) is 21.8. The van der Waals surface area contributed by atoms with Crippen molar-refractivity contribution in [2.75, 3.05) is 20.5 Å². The minimum absolute atomic E-state index is 0.0163. The van der Waals surface area contributed by atoms with E-state index in [0.29, 0.717) is 69.1 Å². The smallest absolute Gasteiger partial charge is 0.438 e. The summed E-state index contributed by atoms with van der Waals surface area (Å²) < 4.78 is 181. The number of ether oxygens (including phenoxy) is 3. The summed E-state index contributed by atoms with van der Waals surface area (Å²) >= 11 is 0. The molecule has 4 rings (SSSR count). The van der Waals surface area contributed by atoms with Crippen LogP contribution in [0, 0.1) is 51.4 Å². The van der Waals surface area contributed by atoms with Crippen LogP contribution in [-0.4, -0.2) is 104 Å². The second kappa shape index (κ2) is 31.2. The lowest BCUT2D eigenvalue weighted by Crippen LogP contribution is -2.58. The number of halogens is 12. The second-order valence-electron chi connectivity index (χ2n) is 24.2. The normalized spacial score (nSPS) is 13.7. The molecule has 500 valence electrons. The van der Waals surface area contributed by atoms with Crippen molar-refractivity contribution in [3.63, 3.8) is 0 Å². The van der Waals surface area contributed by atoms with Gasteiger partial charge in [0.2, 0.25) is 0 Å². The third-order valence-electron chi connectivity index (χ3n) is 17.4. The molecule has 0 aliphatic carbocycles. The molecule has 3 N–H and O–H groups in total. The van der Waals surface area contributed by atoms with Crippen molar-refractivity contribution in [2.45, 2.75) is 224 Å². The summed E-state index contributed by atoms with van der Waals surface area (Å²) in [4.78, 5) is 23.3. The highest BCUT2D eigenvalue weighted by atomic mass is 28.4. The van der Waals surface area contributed by atoms with Gasteiger partial charge in [-0.2, -0.15) is 52.7 Å². The number of carboxylic acid groups (broad SMARTS) is 1. The summed E-state index contributed by atoms with van der Waals surface area (Å²) in [5.74, 6) is 4.98. The Morgan fingerprint density at radius 3 is 1.29 bits per heavy atom. The number of carbonyl (C=O) groups excluding carboxylic acids is 1. The molecule has 90 heavy (non-hydrogen) atoms. The fraction of sp³-hybridized carbons (Fsp3) is 0.559. The summed E-state index contributed by atoms with van der Waals surface area (Å²) in [7, 11) is -1.24. The Kier molecular flexibility index (Phi) is 27.1. The lowest BCUT2D eigenvalue weighted by Gasteiger charge is -2.39. The van der Waals surface area contributed by atoms with Gasteiger partial charge in [0.05, 0.1) is 31.7 Å². The SMILES string of the molecule is CCC(CC)(c1ccc(C#CC(O)(C(F)(F)F)C(F)(F)F)c(C)c1)c1ccc(CC[C@@H](O)CC(=O)O)c(C)c1.CCOC(=O)C[C@@H](CCc1ccc(C(CC)(CC)c2ccc(C#CC(OCOC)(C(F)(F)F)C(F)(F)F)c(C)c2)cc1C)O[Si](C)(C)C(C)(C)C. The molecule has 0 saturated heterocycles. The Bertz CT molecular complexity index is 3150. The molecule has 0 aliphatic heterocycles. The predicted molar refractivity (Wildman–Crippen MR) is 324 cm³/mol. The monoisotopic (exact) mass is 1300 g/mol. The van der Waals surface area contributed by atoms with Crippen LogP contribution in [0.25, 0.3) is 0 Å². The standard InChI is InChI=1S/C39H54F6O5Si.C29H32F6O4/c1-12-36(13-2,32-19-16-30(28(5)24-32)21-22-37(38(40,41)42,39(43,44)45)49-26-47-9)31-18-15-29(27(4)23-31)17-20-33(25-34(46)48-14-3)50-51(10,11)35(6,7)8;1-5-26(6-2,22-10-7-20(18(3)15-22)9-12-24(36)17-25(37)38)23-11-8-21(19(4)16-23)13-14-27(39,28(30,31)32)29(33,34)35/h15-16,18-19,23-24,33H,12-14,17,20,25-26H2,1-11H3;7-8,10-11,15-16,24,36,39H,5-6,9,12,17H2,1-4H3,(H,37,38)/t33-;24-/m11/s1. The average molecular weight is 1300 g/mol. The zero-order valence-corrected chi connectivity index (χ0v) is 54.9. The maximum atomic E-state index is 13.8. The highest BCUT2D eigenvalue weighted by Crippen LogP contribution is 2.48. The van der Waals surface area contributed by atoms with Gasteiger partial charge in [0.1, 0.15) is 6.79 Å². The Morgan fingerprint density at radius 2 is 0.956 bits per heavy atom. The number of carboxylic acids is 1. The molecule has 0 spiro atoms. The molecule has 0 amide bonds. The number of benzene rings is 4. The molecular weight excluding hydrogens is 1220 g/mol. The molecule has 0 saturated carbocycles. The number of esters is 1. The van der Waals surface area contributed by atoms with Gasteiger partial charge in [0.15, 0.2) is 8.32 Å². The van der Waals surface area contributed by atoms with Crippen LogP contribution in [-0.2, 0) is 51.9 Å². The van der Waals surface area contributed by atoms with E-state index in [2.05, 4.69) is 67.5 Å². The number of aliphatic hydroxyl groups excluding tert-OH is 1. The van der Waals surface area contributed by atoms with Gasteiger partial charge < -0.3 is 34.0 Å². The maximum absolute atomic E-state index is 13.8. The molecule has 0 fully saturated rings. The first kappa shape index (κ1) is 78.4. The first-order valence-electron chi connectivity index (χ1n) is 29.7. The zero-order chi connectivity index (χ0) is 68.9. The van der Waals surface area contributed by atoms with Crippen LogP contribution in [0.5, 0.6) is 0 Å². The number of hydrogen-bond donors (Lipinski definition) is 3. The zero-order valence-electron chi connectivity index (χ0n) is 53.9. The first-order chi connectivity index (χ1) is 41.4. The lowest BCUT2D eigenvalue weighted by molar-refractivity contribution is -0.368. The number of alkyl halides is 12. The van der Waals surface area contributed by atoms with E-state index >= 15 is 0 Å². The highest BCUT2D eigenvalue weighted by molar-refractivity contribution is 6.74. The summed E-state index contributed by atoms with van der Waals surface area (Å²) in [5.41, 5.74) is -2.38. The van der Waals surface area contributed by atoms with Crippen LogP contribution in [0.3, 0.4) is 0 Å². The van der Waals surface area contributed by atoms with Gasteiger partial charge in [0, 0.05) is 29.1 Å². The number of rotatable bonds is 24. The molecule has 22 heteroatoms. The fourth-order valence-electron chi connectivity index (χ4n) is 10.6. The lowest BCUT2D eigenvalue weighted by atomic mass is 9.69. The Morgan fingerprint density at radius 1 is 0.567 bits per heavy atom. The minimum Gasteiger partial charge on any atom is -0.481 e. The third kappa shape index (κ3) is 18.7. The van der Waals surface area contributed by atoms with E-state index in [1.54, 1.807) is 38.1 Å². The van der Waals surface area contributed by atoms with Gasteiger partial charge in [-0.15, -0.1) is 0 Å². The van der Waals surface area contributed by atoms with Crippen molar-refractivity contribution in [3.8, 4) is 23.7 Å². The maximum Gasteiger partial charge on any atom is 0.438 e. The van der Waals surface area contributed by atoms with E-state index < -0.39 is 73.9 Å². The van der Waals surface area contributed by atoms with Gasteiger partial charge in [-0.1, -0.05) is 121 Å². The van der Waals surface area contributed by atoms with Gasteiger partial charge in [-0.3, -0.25) is 9.59 Å². The fourth-order valence-corrected chi connectivity index (χ4v) is 12.0. The number of hydrogen-bond acceptors (Lipinski definition) is 8. The third-order valence-corrected chi connectivity index (χ3v) is 21.9. The minimum atomic E-state index is -6.02. The average Bonchev–Trinajstić information content (AvgIpc) is 0.811. The Balaban J connectivity index is 0.000000487. The molecular formula is C68H86F12O9Si. The summed E-state index contributed by atoms with van der Waals surface area (Å²) in [6.07, 6.45) is -20.4. The molecule has 0 bridgehead atoms. The van der Waals surface area contributed by atoms with E-state index in [1.807, 2.05) is 65.7 Å². The van der Waals surface area contributed by atoms with Crippen molar-refractivity contribution in [1.29, 1.82) is 0 Å². The molecule has 0 unspecified atom stereocenters. The number of aryl methyl sites for hydroxylation is 6. The van der Waals surface area contributed by atoms with Crippen LogP contribution in [0.15, 0.2) is 72.8 Å². The number of methoxy groups -OCH3 is 1. The van der Waals surface area contributed by atoms with E-state index in [0.717, 1.165) is 57.5 Å². The van der Waals surface area contributed by atoms with Gasteiger partial charge in [-0.05, 0) is 184 Å². The van der Waals surface area contributed by atoms with E-state index in [1.165, 1.54) is 25.0 Å². The van der Waals surface area contributed by atoms with Crippen LogP contribution in [0.4, 0.5) is 52.7 Å². The van der Waals surface area contributed by atoms with Crippen LogP contribution >= 0.6 is 0 Å². The topological polar surface area (TPSA) is 132 Å². The number of carbonyl (C=O) groups is 2. The summed E-state index contributed by atoms with van der Waals surface area (Å²) in [5, 5.41) is 28.0. The van der Waals surface area contributed by atoms with Crippen LogP contribution in [0.2, 0.25) is 18.1 Å². The predicted octanol–water partition coefficient (Wildman–Crippen LogP) is 16.9. The largest absolute Gasteiger partial charge is 0.481 e. The van der Waals surface area contributed by atoms with Crippen LogP contribution < -0.4 is 0 Å². The van der Waals surface area contributed by atoms with E-state index in [-0.39, 0.29) is 41.1 Å². The van der Waals surface area contributed by atoms with Gasteiger partial charge >= 0.3 is 47.8 Å². The van der Waals surface area contributed by atoms with Crippen molar-refractivity contribution in [1.82, 2.24) is 0 Å².